The van der Waals surface area contributed by atoms with E-state index in [-0.39, 0.29) is 24.0 Å². The number of rotatable bonds is 0. The first-order valence-corrected chi connectivity index (χ1v) is 7.26. The van der Waals surface area contributed by atoms with E-state index in [4.69, 9.17) is 4.74 Å². The molecule has 0 spiro atoms. The first-order chi connectivity index (χ1) is 9.87. The van der Waals surface area contributed by atoms with Gasteiger partial charge in [-0.25, -0.2) is 4.79 Å². The molecule has 2 aliphatic rings. The highest BCUT2D eigenvalue weighted by molar-refractivity contribution is 5.97. The normalized spacial score (nSPS) is 24.1. The Morgan fingerprint density at radius 1 is 1.33 bits per heavy atom. The van der Waals surface area contributed by atoms with Crippen molar-refractivity contribution in [3.05, 3.63) is 29.8 Å². The van der Waals surface area contributed by atoms with Gasteiger partial charge in [0.25, 0.3) is 0 Å². The van der Waals surface area contributed by atoms with Gasteiger partial charge in [0, 0.05) is 12.2 Å². The highest BCUT2D eigenvalue weighted by atomic mass is 16.6. The number of anilines is 1. The van der Waals surface area contributed by atoms with Crippen molar-refractivity contribution in [2.75, 3.05) is 11.9 Å². The van der Waals surface area contributed by atoms with E-state index in [1.54, 1.807) is 4.90 Å². The van der Waals surface area contributed by atoms with E-state index in [0.29, 0.717) is 13.0 Å². The van der Waals surface area contributed by atoms with E-state index in [2.05, 4.69) is 5.32 Å². The highest BCUT2D eigenvalue weighted by Gasteiger charge is 2.46. The van der Waals surface area contributed by atoms with Gasteiger partial charge in [0.15, 0.2) is 0 Å². The van der Waals surface area contributed by atoms with Crippen LogP contribution in [0.15, 0.2) is 24.3 Å². The van der Waals surface area contributed by atoms with Gasteiger partial charge in [-0.15, -0.1) is 0 Å². The molecule has 1 saturated heterocycles. The van der Waals surface area contributed by atoms with Gasteiger partial charge >= 0.3 is 6.09 Å². The molecule has 1 N–H and O–H groups in total. The van der Waals surface area contributed by atoms with Crippen molar-refractivity contribution in [3.63, 3.8) is 0 Å². The van der Waals surface area contributed by atoms with Crippen LogP contribution in [-0.2, 0) is 9.53 Å². The van der Waals surface area contributed by atoms with Crippen molar-refractivity contribution in [2.45, 2.75) is 38.8 Å². The molecule has 0 aromatic heterocycles. The number of hydrogen-bond acceptors (Lipinski definition) is 3. The fourth-order valence-electron chi connectivity index (χ4n) is 3.07. The Labute approximate surface area is 124 Å². The molecular formula is C16H20N2O3. The van der Waals surface area contributed by atoms with Crippen molar-refractivity contribution in [1.29, 1.82) is 0 Å². The predicted molar refractivity (Wildman–Crippen MR) is 78.9 cm³/mol. The second kappa shape index (κ2) is 4.76. The number of benzene rings is 1. The lowest BCUT2D eigenvalue weighted by atomic mass is 9.88. The summed E-state index contributed by atoms with van der Waals surface area (Å²) in [4.78, 5) is 26.3. The van der Waals surface area contributed by atoms with Crippen molar-refractivity contribution < 1.29 is 14.3 Å². The Kier molecular flexibility index (Phi) is 3.15. The minimum atomic E-state index is -0.536. The van der Waals surface area contributed by atoms with Crippen LogP contribution in [0.5, 0.6) is 0 Å². The molecule has 2 amide bonds. The Hall–Kier alpha value is -2.04. The minimum absolute atomic E-state index is 0.00948. The summed E-state index contributed by atoms with van der Waals surface area (Å²) in [6.45, 7) is 6.09. The standard InChI is InChI=1S/C16H20N2O3/c1-16(2,3)21-15(20)18-9-8-11-13(18)10-6-4-5-7-12(10)17-14(11)19/h4-7,11,13H,8-9H2,1-3H3,(H,17,19)/t11-,13-/m1/s1. The average molecular weight is 288 g/mol. The summed E-state index contributed by atoms with van der Waals surface area (Å²) in [6, 6.07) is 7.43. The molecule has 0 aliphatic carbocycles. The first-order valence-electron chi connectivity index (χ1n) is 7.26. The summed E-state index contributed by atoms with van der Waals surface area (Å²) >= 11 is 0. The van der Waals surface area contributed by atoms with Crippen LogP contribution < -0.4 is 5.32 Å². The Morgan fingerprint density at radius 2 is 2.05 bits per heavy atom. The summed E-state index contributed by atoms with van der Waals surface area (Å²) in [5.41, 5.74) is 1.25. The third-order valence-corrected chi connectivity index (χ3v) is 3.90. The maximum atomic E-state index is 12.4. The predicted octanol–water partition coefficient (Wildman–Crippen LogP) is 2.94. The second-order valence-electron chi connectivity index (χ2n) is 6.59. The van der Waals surface area contributed by atoms with E-state index >= 15 is 0 Å². The van der Waals surface area contributed by atoms with Crippen LogP contribution in [-0.4, -0.2) is 29.0 Å². The summed E-state index contributed by atoms with van der Waals surface area (Å²) in [6.07, 6.45) is 0.323. The topological polar surface area (TPSA) is 58.6 Å². The molecule has 2 aliphatic heterocycles. The van der Waals surface area contributed by atoms with Crippen LogP contribution in [0.4, 0.5) is 10.5 Å². The number of fused-ring (bicyclic) bond motifs is 3. The zero-order chi connectivity index (χ0) is 15.2. The van der Waals surface area contributed by atoms with Crippen LogP contribution in [0.3, 0.4) is 0 Å². The molecule has 21 heavy (non-hydrogen) atoms. The molecule has 112 valence electrons. The molecule has 1 aromatic rings. The van der Waals surface area contributed by atoms with E-state index < -0.39 is 5.60 Å². The monoisotopic (exact) mass is 288 g/mol. The molecule has 5 nitrogen and oxygen atoms in total. The highest BCUT2D eigenvalue weighted by Crippen LogP contribution is 2.44. The zero-order valence-corrected chi connectivity index (χ0v) is 12.6. The molecule has 0 saturated carbocycles. The van der Waals surface area contributed by atoms with E-state index in [9.17, 15) is 9.59 Å². The lowest BCUT2D eigenvalue weighted by molar-refractivity contribution is -0.121. The maximum absolute atomic E-state index is 12.4. The molecule has 0 unspecified atom stereocenters. The van der Waals surface area contributed by atoms with Gasteiger partial charge in [-0.2, -0.15) is 0 Å². The van der Waals surface area contributed by atoms with Gasteiger partial charge in [-0.1, -0.05) is 18.2 Å². The summed E-state index contributed by atoms with van der Waals surface area (Å²) < 4.78 is 5.48. The van der Waals surface area contributed by atoms with Crippen molar-refractivity contribution in [3.8, 4) is 0 Å². The number of carbonyl (C=O) groups excluding carboxylic acids is 2. The summed E-state index contributed by atoms with van der Waals surface area (Å²) in [5.74, 6) is -0.197. The van der Waals surface area contributed by atoms with Crippen LogP contribution >= 0.6 is 0 Å². The molecule has 5 heteroatoms. The Balaban J connectivity index is 1.93. The Bertz CT molecular complexity index is 591. The van der Waals surface area contributed by atoms with Gasteiger partial charge < -0.3 is 15.0 Å². The summed E-state index contributed by atoms with van der Waals surface area (Å²) in [5, 5.41) is 2.92. The number of amides is 2. The van der Waals surface area contributed by atoms with Crippen LogP contribution in [0.2, 0.25) is 0 Å². The number of hydrogen-bond donors (Lipinski definition) is 1. The van der Waals surface area contributed by atoms with Crippen molar-refractivity contribution in [1.82, 2.24) is 4.90 Å². The SMILES string of the molecule is CC(C)(C)OC(=O)N1CC[C@H]2C(=O)Nc3ccccc3[C@H]21. The van der Waals surface area contributed by atoms with Crippen LogP contribution in [0.1, 0.15) is 38.8 Å². The number of nitrogens with zero attached hydrogens (tertiary/aromatic N) is 1. The van der Waals surface area contributed by atoms with Crippen LogP contribution in [0.25, 0.3) is 0 Å². The number of ether oxygens (including phenoxy) is 1. The summed E-state index contributed by atoms with van der Waals surface area (Å²) in [7, 11) is 0. The third kappa shape index (κ3) is 2.48. The quantitative estimate of drug-likeness (QED) is 0.798. The first kappa shape index (κ1) is 13.9. The molecule has 0 radical (unpaired) electrons. The number of para-hydroxylation sites is 1. The van der Waals surface area contributed by atoms with Gasteiger partial charge in [-0.05, 0) is 38.8 Å². The van der Waals surface area contributed by atoms with Gasteiger partial charge in [0.2, 0.25) is 5.91 Å². The average Bonchev–Trinajstić information content (AvgIpc) is 2.82. The zero-order valence-electron chi connectivity index (χ0n) is 12.6. The van der Waals surface area contributed by atoms with Crippen molar-refractivity contribution in [2.24, 2.45) is 5.92 Å². The Morgan fingerprint density at radius 3 is 2.76 bits per heavy atom. The lowest BCUT2D eigenvalue weighted by Crippen LogP contribution is -2.41. The lowest BCUT2D eigenvalue weighted by Gasteiger charge is -2.34. The maximum Gasteiger partial charge on any atom is 0.410 e. The van der Waals surface area contributed by atoms with Crippen LogP contribution in [0, 0.1) is 5.92 Å². The van der Waals surface area contributed by atoms with Gasteiger partial charge in [0.05, 0.1) is 12.0 Å². The molecule has 1 aromatic carbocycles. The number of nitrogens with one attached hydrogen (secondary N) is 1. The molecule has 1 fully saturated rings. The van der Waals surface area contributed by atoms with Gasteiger partial charge in [-0.3, -0.25) is 4.79 Å². The third-order valence-electron chi connectivity index (χ3n) is 3.90. The molecule has 3 rings (SSSR count). The largest absolute Gasteiger partial charge is 0.444 e. The van der Waals surface area contributed by atoms with Crippen molar-refractivity contribution >= 4 is 17.7 Å². The molecule has 2 atom stereocenters. The minimum Gasteiger partial charge on any atom is -0.444 e. The van der Waals surface area contributed by atoms with E-state index in [1.807, 2.05) is 45.0 Å². The van der Waals surface area contributed by atoms with E-state index in [0.717, 1.165) is 11.3 Å². The molecule has 0 bridgehead atoms. The fraction of sp³-hybridized carbons (Fsp3) is 0.500. The molecule has 2 heterocycles. The smallest absolute Gasteiger partial charge is 0.410 e. The van der Waals surface area contributed by atoms with E-state index in [1.165, 1.54) is 0 Å². The second-order valence-corrected chi connectivity index (χ2v) is 6.59. The number of likely N-dealkylation sites (tertiary alicyclic amines) is 1. The number of carbonyl (C=O) groups is 2. The fourth-order valence-corrected chi connectivity index (χ4v) is 3.07. The van der Waals surface area contributed by atoms with Gasteiger partial charge in [0.1, 0.15) is 5.60 Å². The molecular weight excluding hydrogens is 268 g/mol.